The van der Waals surface area contributed by atoms with E-state index in [9.17, 15) is 28.7 Å². The van der Waals surface area contributed by atoms with Gasteiger partial charge in [-0.15, -0.1) is 0 Å². The number of likely N-dealkylation sites (N-methyl/N-ethyl adjacent to an activating group) is 1. The fraction of sp³-hybridized carbons (Fsp3) is 0.705. The van der Waals surface area contributed by atoms with Crippen molar-refractivity contribution in [1.29, 1.82) is 0 Å². The molecule has 1 amide bonds. The monoisotopic (exact) mass is 828 g/mol. The minimum Gasteiger partial charge on any atom is -0.458 e. The second-order valence-corrected chi connectivity index (χ2v) is 17.6. The molecule has 2 aromatic rings. The molecule has 1 aromatic carbocycles. The number of hydrogen-bond acceptors (Lipinski definition) is 12. The van der Waals surface area contributed by atoms with Crippen LogP contribution in [-0.4, -0.2) is 130 Å². The molecule has 13 atom stereocenters. The van der Waals surface area contributed by atoms with E-state index in [4.69, 9.17) is 23.7 Å². The number of unbranched alkanes of at least 4 members (excludes halogenated alkanes) is 1. The van der Waals surface area contributed by atoms with E-state index in [2.05, 4.69) is 4.98 Å². The highest BCUT2D eigenvalue weighted by Crippen LogP contribution is 2.43. The Bertz CT molecular complexity index is 1790. The zero-order valence-corrected chi connectivity index (χ0v) is 36.6. The predicted molar refractivity (Wildman–Crippen MR) is 216 cm³/mol. The number of esters is 1. The number of aliphatic hydroxyl groups is 1. The lowest BCUT2D eigenvalue weighted by Crippen LogP contribution is -2.60. The Morgan fingerprint density at radius 1 is 0.983 bits per heavy atom. The maximum absolute atomic E-state index is 14.7. The van der Waals surface area contributed by atoms with Gasteiger partial charge in [0.05, 0.1) is 35.9 Å². The molecule has 4 heterocycles. The number of nitrogens with zero attached hydrogens (tertiary/aromatic N) is 4. The van der Waals surface area contributed by atoms with Crippen molar-refractivity contribution in [3.05, 3.63) is 42.6 Å². The summed E-state index contributed by atoms with van der Waals surface area (Å²) >= 11 is 0. The van der Waals surface area contributed by atoms with Gasteiger partial charge in [-0.3, -0.25) is 14.4 Å². The van der Waals surface area contributed by atoms with Gasteiger partial charge in [0.15, 0.2) is 17.7 Å². The van der Waals surface area contributed by atoms with E-state index in [1.807, 2.05) is 36.7 Å². The molecule has 1 aromatic heterocycles. The number of hydrogen-bond donors (Lipinski definition) is 1. The average Bonchev–Trinajstić information content (AvgIpc) is 3.77. The SMILES string of the molecule is CC[C@H]1OC(=O)[C@H](C)C(=O)[C@H](C)[C@@H](O[C@H]2O[C@@H](C)C[C@@H](N(C)C)[C@@H]2O)[C@](C)(OC)C[C@@H](C)C(=O)[C@@H](C)[C@H]2N(CCCCn3cnc(-c4ccc(F)cc4)c3)C(=O)O[C@]12C. The van der Waals surface area contributed by atoms with E-state index < -0.39 is 83.4 Å². The van der Waals surface area contributed by atoms with Crippen LogP contribution in [0.2, 0.25) is 0 Å². The molecule has 14 nitrogen and oxygen atoms in total. The Morgan fingerprint density at radius 3 is 2.27 bits per heavy atom. The van der Waals surface area contributed by atoms with E-state index >= 15 is 0 Å². The molecule has 59 heavy (non-hydrogen) atoms. The predicted octanol–water partition coefficient (Wildman–Crippen LogP) is 5.67. The zero-order chi connectivity index (χ0) is 43.6. The number of ether oxygens (including phenoxy) is 5. The molecule has 328 valence electrons. The number of fused-ring (bicyclic) bond motifs is 1. The third kappa shape index (κ3) is 9.75. The summed E-state index contributed by atoms with van der Waals surface area (Å²) in [6.45, 7) is 14.7. The lowest BCUT2D eigenvalue weighted by Gasteiger charge is -2.47. The minimum atomic E-state index is -1.42. The molecule has 0 spiro atoms. The number of carbonyl (C=O) groups is 4. The molecule has 0 unspecified atom stereocenters. The van der Waals surface area contributed by atoms with Crippen LogP contribution in [0.25, 0.3) is 11.3 Å². The molecule has 1 N–H and O–H groups in total. The highest BCUT2D eigenvalue weighted by molar-refractivity contribution is 6.00. The van der Waals surface area contributed by atoms with Crippen molar-refractivity contribution in [2.45, 2.75) is 148 Å². The Morgan fingerprint density at radius 2 is 1.64 bits per heavy atom. The van der Waals surface area contributed by atoms with E-state index in [1.165, 1.54) is 26.2 Å². The van der Waals surface area contributed by atoms with Crippen molar-refractivity contribution in [2.75, 3.05) is 27.7 Å². The Kier molecular flexibility index (Phi) is 14.8. The first-order chi connectivity index (χ1) is 27.8. The summed E-state index contributed by atoms with van der Waals surface area (Å²) in [5, 5.41) is 11.4. The van der Waals surface area contributed by atoms with Gasteiger partial charge in [0, 0.05) is 55.8 Å². The third-order valence-electron chi connectivity index (χ3n) is 13.0. The van der Waals surface area contributed by atoms with Gasteiger partial charge in [0.2, 0.25) is 0 Å². The van der Waals surface area contributed by atoms with E-state index in [-0.39, 0.29) is 43.1 Å². The van der Waals surface area contributed by atoms with Crippen LogP contribution in [0.5, 0.6) is 0 Å². The van der Waals surface area contributed by atoms with E-state index in [0.717, 1.165) is 5.56 Å². The van der Waals surface area contributed by atoms with Crippen LogP contribution < -0.4 is 0 Å². The van der Waals surface area contributed by atoms with Crippen LogP contribution in [-0.2, 0) is 44.6 Å². The number of amides is 1. The number of methoxy groups -OCH3 is 1. The number of aryl methyl sites for hydroxylation is 1. The van der Waals surface area contributed by atoms with Crippen molar-refractivity contribution in [2.24, 2.45) is 23.7 Å². The number of benzene rings is 1. The standard InChI is InChI=1S/C44H65FN4O10/c1-12-34-44(8)38(49(42(54)59-44)20-14-13-19-48-23-32(46-24-48)30-15-17-31(45)18-16-30)27(4)35(50)25(2)22-43(7,55-11)39(28(5)36(51)29(6)40(53)57-34)58-41-37(52)33(47(9)10)21-26(3)56-41/h15-18,23-29,33-34,37-39,41,52H,12-14,19-22H2,1-11H3/t25-,26+,27-,28+,29-,33-,34-,37+,38-,39-,41-,43-,44-/m1/s1. The molecular formula is C44H65FN4O10. The number of rotatable bonds is 11. The van der Waals surface area contributed by atoms with Crippen LogP contribution in [0.3, 0.4) is 0 Å². The Balaban J connectivity index is 1.43. The average molecular weight is 829 g/mol. The summed E-state index contributed by atoms with van der Waals surface area (Å²) < 4.78 is 46.6. The summed E-state index contributed by atoms with van der Waals surface area (Å²) in [7, 11) is 5.22. The third-order valence-corrected chi connectivity index (χ3v) is 13.0. The molecule has 0 saturated carbocycles. The van der Waals surface area contributed by atoms with Gasteiger partial charge in [0.25, 0.3) is 0 Å². The van der Waals surface area contributed by atoms with Crippen molar-refractivity contribution in [1.82, 2.24) is 19.4 Å². The van der Waals surface area contributed by atoms with Gasteiger partial charge in [-0.05, 0) is 98.2 Å². The first-order valence-electron chi connectivity index (χ1n) is 21.0. The van der Waals surface area contributed by atoms with Crippen molar-refractivity contribution >= 4 is 23.6 Å². The number of halogens is 1. The van der Waals surface area contributed by atoms with Gasteiger partial charge in [-0.2, -0.15) is 0 Å². The number of imidazole rings is 1. The molecule has 3 aliphatic rings. The van der Waals surface area contributed by atoms with Crippen molar-refractivity contribution in [3.63, 3.8) is 0 Å². The number of Topliss-reactive ketones (excluding diaryl/α,β-unsaturated/α-hetero) is 2. The van der Waals surface area contributed by atoms with Gasteiger partial charge < -0.3 is 43.2 Å². The maximum atomic E-state index is 14.7. The number of aromatic nitrogens is 2. The quantitative estimate of drug-likeness (QED) is 0.168. The maximum Gasteiger partial charge on any atom is 0.410 e. The van der Waals surface area contributed by atoms with Crippen LogP contribution in [0, 0.1) is 29.5 Å². The molecule has 3 saturated heterocycles. The summed E-state index contributed by atoms with van der Waals surface area (Å²) in [5.41, 5.74) is -1.20. The lowest BCUT2D eigenvalue weighted by molar-refractivity contribution is -0.295. The van der Waals surface area contributed by atoms with Gasteiger partial charge >= 0.3 is 12.1 Å². The molecular weight excluding hydrogens is 763 g/mol. The Labute approximate surface area is 348 Å². The molecule has 3 aliphatic heterocycles. The van der Waals surface area contributed by atoms with Crippen LogP contribution >= 0.6 is 0 Å². The lowest BCUT2D eigenvalue weighted by atomic mass is 9.73. The summed E-state index contributed by atoms with van der Waals surface area (Å²) in [6, 6.07) is 5.03. The second-order valence-electron chi connectivity index (χ2n) is 17.6. The fourth-order valence-electron chi connectivity index (χ4n) is 9.54. The topological polar surface area (TPSA) is 159 Å². The van der Waals surface area contributed by atoms with Crippen molar-refractivity contribution < 1.29 is 52.4 Å². The van der Waals surface area contributed by atoms with E-state index in [0.29, 0.717) is 31.5 Å². The highest BCUT2D eigenvalue weighted by Gasteiger charge is 2.60. The largest absolute Gasteiger partial charge is 0.458 e. The van der Waals surface area contributed by atoms with E-state index in [1.54, 1.807) is 64.9 Å². The normalized spacial score (nSPS) is 36.3. The zero-order valence-electron chi connectivity index (χ0n) is 36.6. The van der Waals surface area contributed by atoms with Crippen molar-refractivity contribution in [3.8, 4) is 11.3 Å². The fourth-order valence-corrected chi connectivity index (χ4v) is 9.54. The van der Waals surface area contributed by atoms with Crippen LogP contribution in [0.1, 0.15) is 87.5 Å². The van der Waals surface area contributed by atoms with Gasteiger partial charge in [-0.1, -0.05) is 27.7 Å². The van der Waals surface area contributed by atoms with Crippen LogP contribution in [0.4, 0.5) is 9.18 Å². The summed E-state index contributed by atoms with van der Waals surface area (Å²) in [6.07, 6.45) is 0.637. The summed E-state index contributed by atoms with van der Waals surface area (Å²) in [4.78, 5) is 64.8. The molecule has 3 fully saturated rings. The minimum absolute atomic E-state index is 0.115. The first-order valence-corrected chi connectivity index (χ1v) is 21.0. The van der Waals surface area contributed by atoms with Crippen LogP contribution in [0.15, 0.2) is 36.8 Å². The highest BCUT2D eigenvalue weighted by atomic mass is 19.1. The molecule has 5 rings (SSSR count). The second kappa shape index (κ2) is 18.9. The van der Waals surface area contributed by atoms with Gasteiger partial charge in [0.1, 0.15) is 29.7 Å². The summed E-state index contributed by atoms with van der Waals surface area (Å²) in [5.74, 6) is -5.38. The molecule has 0 bridgehead atoms. The van der Waals surface area contributed by atoms with Gasteiger partial charge in [-0.25, -0.2) is 14.2 Å². The molecule has 0 aliphatic carbocycles. The molecule has 15 heteroatoms. The smallest absolute Gasteiger partial charge is 0.410 e. The Hall–Kier alpha value is -3.76. The number of carbonyl (C=O) groups excluding carboxylic acids is 4. The first kappa shape index (κ1) is 46.3. The molecule has 0 radical (unpaired) electrons. The number of aliphatic hydroxyl groups excluding tert-OH is 1. The number of ketones is 2. The number of cyclic esters (lactones) is 1.